The van der Waals surface area contributed by atoms with E-state index >= 15 is 0 Å². The lowest BCUT2D eigenvalue weighted by molar-refractivity contribution is -0.0405. The number of hydrogen-bond donors (Lipinski definition) is 1. The van der Waals surface area contributed by atoms with Crippen LogP contribution >= 0.6 is 11.6 Å². The van der Waals surface area contributed by atoms with Gasteiger partial charge < -0.3 is 5.11 Å². The maximum Gasteiger partial charge on any atom is 0.123 e. The largest absolute Gasteiger partial charge is 0.389 e. The molecule has 2 rings (SSSR count). The van der Waals surface area contributed by atoms with Crippen LogP contribution in [-0.4, -0.2) is 10.7 Å². The molecule has 2 unspecified atom stereocenters. The fraction of sp³-hybridized carbons (Fsp3) is 0.571. The SMILES string of the molecule is CC1CCCCC1(O)Cc1cc(F)ccc1Cl. The molecule has 2 atom stereocenters. The second kappa shape index (κ2) is 4.95. The minimum Gasteiger partial charge on any atom is -0.389 e. The first-order valence-corrected chi connectivity index (χ1v) is 6.55. The molecule has 1 aliphatic carbocycles. The Labute approximate surface area is 107 Å². The molecule has 0 aromatic heterocycles. The maximum atomic E-state index is 13.2. The lowest BCUT2D eigenvalue weighted by Gasteiger charge is -2.38. The van der Waals surface area contributed by atoms with Gasteiger partial charge >= 0.3 is 0 Å². The van der Waals surface area contributed by atoms with E-state index in [1.54, 1.807) is 6.07 Å². The van der Waals surface area contributed by atoms with Crippen molar-refractivity contribution in [1.29, 1.82) is 0 Å². The molecule has 1 nitrogen and oxygen atoms in total. The average molecular weight is 257 g/mol. The van der Waals surface area contributed by atoms with E-state index in [2.05, 4.69) is 6.92 Å². The molecule has 0 radical (unpaired) electrons. The fourth-order valence-corrected chi connectivity index (χ4v) is 2.85. The Bertz CT molecular complexity index is 407. The van der Waals surface area contributed by atoms with Crippen LogP contribution in [0.15, 0.2) is 18.2 Å². The molecule has 0 saturated heterocycles. The maximum absolute atomic E-state index is 13.2. The number of halogens is 2. The first-order chi connectivity index (χ1) is 8.01. The summed E-state index contributed by atoms with van der Waals surface area (Å²) in [6.07, 6.45) is 4.46. The van der Waals surface area contributed by atoms with E-state index in [0.29, 0.717) is 17.0 Å². The smallest absolute Gasteiger partial charge is 0.123 e. The fourth-order valence-electron chi connectivity index (χ4n) is 2.67. The summed E-state index contributed by atoms with van der Waals surface area (Å²) in [4.78, 5) is 0. The Kier molecular flexibility index (Phi) is 3.74. The van der Waals surface area contributed by atoms with Crippen molar-refractivity contribution in [2.24, 2.45) is 5.92 Å². The van der Waals surface area contributed by atoms with Gasteiger partial charge in [-0.15, -0.1) is 0 Å². The van der Waals surface area contributed by atoms with E-state index in [1.807, 2.05) is 0 Å². The highest BCUT2D eigenvalue weighted by molar-refractivity contribution is 6.31. The molecule has 1 aromatic carbocycles. The molecule has 94 valence electrons. The van der Waals surface area contributed by atoms with Crippen molar-refractivity contribution in [1.82, 2.24) is 0 Å². The highest BCUT2D eigenvalue weighted by Crippen LogP contribution is 2.37. The minimum atomic E-state index is -0.727. The van der Waals surface area contributed by atoms with Gasteiger partial charge in [0.2, 0.25) is 0 Å². The minimum absolute atomic E-state index is 0.246. The van der Waals surface area contributed by atoms with Gasteiger partial charge in [0.15, 0.2) is 0 Å². The van der Waals surface area contributed by atoms with E-state index in [1.165, 1.54) is 18.6 Å². The summed E-state index contributed by atoms with van der Waals surface area (Å²) in [5.74, 6) is -0.0490. The Balaban J connectivity index is 2.21. The molecule has 0 bridgehead atoms. The van der Waals surface area contributed by atoms with Gasteiger partial charge in [-0.3, -0.25) is 0 Å². The van der Waals surface area contributed by atoms with Crippen LogP contribution in [-0.2, 0) is 6.42 Å². The van der Waals surface area contributed by atoms with Gasteiger partial charge in [0.25, 0.3) is 0 Å². The lowest BCUT2D eigenvalue weighted by atomic mass is 9.73. The van der Waals surface area contributed by atoms with Crippen LogP contribution in [0.1, 0.15) is 38.2 Å². The third-order valence-electron chi connectivity index (χ3n) is 3.92. The van der Waals surface area contributed by atoms with E-state index in [9.17, 15) is 9.50 Å². The van der Waals surface area contributed by atoms with Crippen LogP contribution in [0.4, 0.5) is 4.39 Å². The first kappa shape index (κ1) is 12.8. The first-order valence-electron chi connectivity index (χ1n) is 6.17. The summed E-state index contributed by atoms with van der Waals surface area (Å²) in [6, 6.07) is 4.34. The van der Waals surface area contributed by atoms with Crippen LogP contribution < -0.4 is 0 Å². The van der Waals surface area contributed by atoms with Crippen LogP contribution in [0.3, 0.4) is 0 Å². The molecule has 1 aromatic rings. The Morgan fingerprint density at radius 2 is 2.24 bits per heavy atom. The second-order valence-electron chi connectivity index (χ2n) is 5.16. The Morgan fingerprint density at radius 1 is 1.47 bits per heavy atom. The van der Waals surface area contributed by atoms with Crippen molar-refractivity contribution in [3.63, 3.8) is 0 Å². The van der Waals surface area contributed by atoms with Crippen molar-refractivity contribution >= 4 is 11.6 Å². The Hall–Kier alpha value is -0.600. The summed E-state index contributed by atoms with van der Waals surface area (Å²) < 4.78 is 13.2. The van der Waals surface area contributed by atoms with Gasteiger partial charge in [-0.2, -0.15) is 0 Å². The van der Waals surface area contributed by atoms with E-state index in [-0.39, 0.29) is 11.7 Å². The number of rotatable bonds is 2. The number of aliphatic hydroxyl groups is 1. The molecule has 0 aliphatic heterocycles. The summed E-state index contributed by atoms with van der Waals surface area (Å²) in [5, 5.41) is 11.2. The topological polar surface area (TPSA) is 20.2 Å². The van der Waals surface area contributed by atoms with Gasteiger partial charge in [0.1, 0.15) is 5.82 Å². The highest BCUT2D eigenvalue weighted by atomic mass is 35.5. The number of hydrogen-bond acceptors (Lipinski definition) is 1. The normalized spacial score (nSPS) is 29.3. The summed E-state index contributed by atoms with van der Waals surface area (Å²) in [5.41, 5.74) is -0.0155. The van der Waals surface area contributed by atoms with Crippen molar-refractivity contribution < 1.29 is 9.50 Å². The van der Waals surface area contributed by atoms with Crippen molar-refractivity contribution in [2.45, 2.75) is 44.6 Å². The standard InChI is InChI=1S/C14H18ClFO/c1-10-4-2-3-7-14(10,17)9-11-8-12(16)5-6-13(11)15/h5-6,8,10,17H,2-4,7,9H2,1H3. The quantitative estimate of drug-likeness (QED) is 0.849. The predicted octanol–water partition coefficient (Wildman–Crippen LogP) is 3.96. The van der Waals surface area contributed by atoms with E-state index in [0.717, 1.165) is 19.3 Å². The van der Waals surface area contributed by atoms with Crippen LogP contribution in [0.25, 0.3) is 0 Å². The van der Waals surface area contributed by atoms with Crippen LogP contribution in [0.2, 0.25) is 5.02 Å². The molecule has 0 spiro atoms. The zero-order valence-corrected chi connectivity index (χ0v) is 10.8. The molecule has 0 amide bonds. The predicted molar refractivity (Wildman–Crippen MR) is 67.7 cm³/mol. The summed E-state index contributed by atoms with van der Waals surface area (Å²) in [7, 11) is 0. The molecule has 1 aliphatic rings. The van der Waals surface area contributed by atoms with Gasteiger partial charge in [-0.1, -0.05) is 31.4 Å². The van der Waals surface area contributed by atoms with Crippen LogP contribution in [0, 0.1) is 11.7 Å². The lowest BCUT2D eigenvalue weighted by Crippen LogP contribution is -2.41. The molecule has 1 saturated carbocycles. The van der Waals surface area contributed by atoms with Gasteiger partial charge in [-0.25, -0.2) is 4.39 Å². The third kappa shape index (κ3) is 2.80. The molecular formula is C14H18ClFO. The van der Waals surface area contributed by atoms with Crippen molar-refractivity contribution in [3.8, 4) is 0 Å². The molecule has 1 fully saturated rings. The van der Waals surface area contributed by atoms with Crippen molar-refractivity contribution in [2.75, 3.05) is 0 Å². The Morgan fingerprint density at radius 3 is 2.94 bits per heavy atom. The van der Waals surface area contributed by atoms with E-state index < -0.39 is 5.60 Å². The van der Waals surface area contributed by atoms with E-state index in [4.69, 9.17) is 11.6 Å². The zero-order valence-electron chi connectivity index (χ0n) is 10.0. The molecule has 1 N–H and O–H groups in total. The third-order valence-corrected chi connectivity index (χ3v) is 4.29. The summed E-state index contributed by atoms with van der Waals surface area (Å²) >= 11 is 6.05. The zero-order chi connectivity index (χ0) is 12.5. The van der Waals surface area contributed by atoms with Gasteiger partial charge in [-0.05, 0) is 42.5 Å². The molecule has 0 heterocycles. The van der Waals surface area contributed by atoms with Crippen molar-refractivity contribution in [3.05, 3.63) is 34.6 Å². The average Bonchev–Trinajstić information content (AvgIpc) is 2.28. The molecule has 17 heavy (non-hydrogen) atoms. The molecular weight excluding hydrogens is 239 g/mol. The highest BCUT2D eigenvalue weighted by Gasteiger charge is 2.36. The second-order valence-corrected chi connectivity index (χ2v) is 5.57. The monoisotopic (exact) mass is 256 g/mol. The van der Waals surface area contributed by atoms with Gasteiger partial charge in [0, 0.05) is 11.4 Å². The van der Waals surface area contributed by atoms with Gasteiger partial charge in [0.05, 0.1) is 5.60 Å². The molecule has 3 heteroatoms. The van der Waals surface area contributed by atoms with Crippen LogP contribution in [0.5, 0.6) is 0 Å². The summed E-state index contributed by atoms with van der Waals surface area (Å²) in [6.45, 7) is 2.06. The number of benzene rings is 1.